The monoisotopic (exact) mass is 760 g/mol. The first-order valence-corrected chi connectivity index (χ1v) is 14.9. The third-order valence-electron chi connectivity index (χ3n) is 8.03. The summed E-state index contributed by atoms with van der Waals surface area (Å²) in [7, 11) is 0. The van der Waals surface area contributed by atoms with Crippen LogP contribution >= 0.6 is 0 Å². The number of hydrogen-bond acceptors (Lipinski definition) is 4. The van der Waals surface area contributed by atoms with Gasteiger partial charge in [0.2, 0.25) is 0 Å². The van der Waals surface area contributed by atoms with E-state index in [1.165, 1.54) is 11.6 Å². The molecule has 0 atom stereocenters. The van der Waals surface area contributed by atoms with Crippen LogP contribution in [0, 0.1) is 36.2 Å². The normalized spacial score (nSPS) is 13.5. The number of benzene rings is 3. The van der Waals surface area contributed by atoms with E-state index in [4.69, 9.17) is 2.74 Å². The second-order valence-electron chi connectivity index (χ2n) is 13.6. The van der Waals surface area contributed by atoms with Crippen LogP contribution in [-0.2, 0) is 31.3 Å². The van der Waals surface area contributed by atoms with Crippen LogP contribution < -0.4 is 0 Å². The fraction of sp³-hybridized carbons (Fsp3) is 0.447. The smallest absolute Gasteiger partial charge is 0.164 e. The van der Waals surface area contributed by atoms with Gasteiger partial charge in [-0.1, -0.05) is 99.6 Å². The van der Waals surface area contributed by atoms with Gasteiger partial charge in [-0.25, -0.2) is 4.98 Å². The average molecular weight is 760 g/mol. The molecule has 43 heavy (non-hydrogen) atoms. The largest absolute Gasteiger partial charge is 0.512 e. The molecule has 233 valence electrons. The van der Waals surface area contributed by atoms with E-state index >= 15 is 0 Å². The maximum absolute atomic E-state index is 11.8. The second-order valence-corrected chi connectivity index (χ2v) is 13.6. The number of ketones is 1. The van der Waals surface area contributed by atoms with Crippen molar-refractivity contribution in [3.63, 3.8) is 0 Å². The SMILES string of the molecule is CCC(C)(C)C(=O)/C=C(\O)C(C)(C)CC.[2H]C([2H])(c1cc(C)[c-]c(-c2ncnc3c2ccc2cccc(C)c23)c1)C(C)(C)C.[Ir]. The molecule has 0 bridgehead atoms. The summed E-state index contributed by atoms with van der Waals surface area (Å²) in [4.78, 5) is 21.0. The molecule has 1 N–H and O–H groups in total. The number of nitrogens with zero attached hydrogens (tertiary/aromatic N) is 2. The van der Waals surface area contributed by atoms with E-state index in [1.807, 2.05) is 81.4 Å². The number of aliphatic hydroxyl groups is 1. The number of hydrogen-bond donors (Lipinski definition) is 1. The van der Waals surface area contributed by atoms with Crippen molar-refractivity contribution in [2.45, 2.75) is 95.4 Å². The summed E-state index contributed by atoms with van der Waals surface area (Å²) in [5, 5.41) is 13.1. The number of aliphatic hydroxyl groups excluding tert-OH is 1. The Hall–Kier alpha value is -2.88. The van der Waals surface area contributed by atoms with Crippen LogP contribution in [0.25, 0.3) is 32.9 Å². The molecule has 0 unspecified atom stereocenters. The van der Waals surface area contributed by atoms with Crippen LogP contribution in [-0.4, -0.2) is 20.9 Å². The van der Waals surface area contributed by atoms with Gasteiger partial charge in [-0.15, -0.1) is 34.9 Å². The predicted octanol–water partition coefficient (Wildman–Crippen LogP) is 10.3. The van der Waals surface area contributed by atoms with Gasteiger partial charge in [-0.05, 0) is 53.6 Å². The van der Waals surface area contributed by atoms with Gasteiger partial charge in [0.25, 0.3) is 0 Å². The van der Waals surface area contributed by atoms with Crippen molar-refractivity contribution in [1.29, 1.82) is 0 Å². The van der Waals surface area contributed by atoms with Gasteiger partial charge >= 0.3 is 0 Å². The zero-order valence-electron chi connectivity index (χ0n) is 29.7. The molecule has 5 heteroatoms. The zero-order valence-corrected chi connectivity index (χ0v) is 30.1. The van der Waals surface area contributed by atoms with Crippen molar-refractivity contribution in [2.75, 3.05) is 0 Å². The van der Waals surface area contributed by atoms with Crippen LogP contribution in [0.15, 0.2) is 60.6 Å². The molecule has 0 aliphatic rings. The fourth-order valence-electron chi connectivity index (χ4n) is 4.51. The van der Waals surface area contributed by atoms with Gasteiger partial charge in [0, 0.05) is 45.1 Å². The molecule has 0 saturated carbocycles. The molecule has 0 fully saturated rings. The number of allylic oxidation sites excluding steroid dienone is 2. The Morgan fingerprint density at radius 2 is 1.60 bits per heavy atom. The standard InChI is InChI=1S/C25H25N2.C13H24O2.Ir/c1-16-11-18(14-25(3,4)5)13-20(12-16)23-21-10-9-19-8-6-7-17(2)22(19)24(21)27-15-26-23;1-7-12(3,4)10(14)9-11(15)13(5,6)8-2;/h6-11,13,15H,14H2,1-5H3;9,14H,7-8H2,1-6H3;/q-1;;/b;10-9-;/i14D2;;. The molecule has 4 aromatic rings. The summed E-state index contributed by atoms with van der Waals surface area (Å²) in [5.41, 5.74) is 4.02. The van der Waals surface area contributed by atoms with Crippen molar-refractivity contribution in [1.82, 2.24) is 9.97 Å². The maximum atomic E-state index is 11.8. The van der Waals surface area contributed by atoms with Crippen molar-refractivity contribution in [3.8, 4) is 11.3 Å². The van der Waals surface area contributed by atoms with Gasteiger partial charge in [-0.2, -0.15) is 0 Å². The molecule has 1 aromatic heterocycles. The van der Waals surface area contributed by atoms with Crippen molar-refractivity contribution >= 4 is 27.5 Å². The van der Waals surface area contributed by atoms with Gasteiger partial charge in [0.05, 0.1) is 5.52 Å². The molecule has 0 aliphatic heterocycles. The van der Waals surface area contributed by atoms with Crippen molar-refractivity contribution in [3.05, 3.63) is 83.4 Å². The topological polar surface area (TPSA) is 63.1 Å². The maximum Gasteiger partial charge on any atom is 0.164 e. The summed E-state index contributed by atoms with van der Waals surface area (Å²) >= 11 is 0. The van der Waals surface area contributed by atoms with Gasteiger partial charge in [0.15, 0.2) is 5.78 Å². The summed E-state index contributed by atoms with van der Waals surface area (Å²) in [6.45, 7) is 21.5. The third kappa shape index (κ3) is 9.06. The minimum absolute atomic E-state index is 0. The summed E-state index contributed by atoms with van der Waals surface area (Å²) in [6.07, 6.45) is 3.11. The molecule has 0 spiro atoms. The molecular formula is C38H49IrN2O2-. The van der Waals surface area contributed by atoms with E-state index in [0.717, 1.165) is 51.3 Å². The van der Waals surface area contributed by atoms with E-state index in [-0.39, 0.29) is 42.5 Å². The van der Waals surface area contributed by atoms with Gasteiger partial charge in [-0.3, -0.25) is 9.78 Å². The molecule has 0 saturated heterocycles. The Morgan fingerprint density at radius 1 is 0.953 bits per heavy atom. The molecule has 1 radical (unpaired) electrons. The van der Waals surface area contributed by atoms with Crippen LogP contribution in [0.4, 0.5) is 0 Å². The van der Waals surface area contributed by atoms with E-state index < -0.39 is 11.8 Å². The molecule has 0 amide bonds. The first kappa shape index (κ1) is 33.0. The Balaban J connectivity index is 0.000000378. The van der Waals surface area contributed by atoms with Crippen molar-refractivity contribution in [2.24, 2.45) is 16.2 Å². The van der Waals surface area contributed by atoms with Crippen molar-refractivity contribution < 1.29 is 32.7 Å². The fourth-order valence-corrected chi connectivity index (χ4v) is 4.51. The first-order valence-electron chi connectivity index (χ1n) is 15.9. The number of carbonyl (C=O) groups is 1. The van der Waals surface area contributed by atoms with E-state index in [1.54, 1.807) is 6.33 Å². The molecule has 4 nitrogen and oxygen atoms in total. The minimum atomic E-state index is -1.48. The predicted molar refractivity (Wildman–Crippen MR) is 178 cm³/mol. The van der Waals surface area contributed by atoms with Crippen LogP contribution in [0.3, 0.4) is 0 Å². The van der Waals surface area contributed by atoms with E-state index in [2.05, 4.69) is 53.3 Å². The molecule has 3 aromatic carbocycles. The first-order chi connectivity index (χ1) is 20.3. The van der Waals surface area contributed by atoms with Crippen LogP contribution in [0.1, 0.15) is 94.6 Å². The van der Waals surface area contributed by atoms with Gasteiger partial charge < -0.3 is 5.11 Å². The number of aryl methyl sites for hydroxylation is 2. The average Bonchev–Trinajstić information content (AvgIpc) is 2.96. The quantitative estimate of drug-likeness (QED) is 0.0882. The zero-order chi connectivity index (χ0) is 33.3. The van der Waals surface area contributed by atoms with Gasteiger partial charge in [0.1, 0.15) is 12.1 Å². The third-order valence-corrected chi connectivity index (χ3v) is 8.03. The molecule has 4 rings (SSSR count). The Kier molecular flexibility index (Phi) is 11.0. The number of carbonyl (C=O) groups excluding carboxylic acids is 1. The Labute approximate surface area is 275 Å². The summed E-state index contributed by atoms with van der Waals surface area (Å²) in [5.74, 6) is 0.195. The Morgan fingerprint density at radius 3 is 2.21 bits per heavy atom. The summed E-state index contributed by atoms with van der Waals surface area (Å²) < 4.78 is 17.4. The van der Waals surface area contributed by atoms with E-state index in [9.17, 15) is 9.90 Å². The second kappa shape index (κ2) is 14.3. The van der Waals surface area contributed by atoms with E-state index in [0.29, 0.717) is 5.56 Å². The number of aromatic nitrogens is 2. The minimum Gasteiger partial charge on any atom is -0.512 e. The molecule has 0 aliphatic carbocycles. The molecule has 1 heterocycles. The summed E-state index contributed by atoms with van der Waals surface area (Å²) in [6, 6.07) is 17.6. The van der Waals surface area contributed by atoms with Crippen LogP contribution in [0.5, 0.6) is 0 Å². The molecular weight excluding hydrogens is 709 g/mol. The number of rotatable bonds is 7. The number of fused-ring (bicyclic) bond motifs is 3. The van der Waals surface area contributed by atoms with Crippen LogP contribution in [0.2, 0.25) is 0 Å². The Bertz CT molecular complexity index is 1700.